The Labute approximate surface area is 252 Å². The molecular weight excluding hydrogens is 494 g/mol. The van der Waals surface area contributed by atoms with Crippen LogP contribution in [0.25, 0.3) is 16.7 Å². The minimum Gasteiger partial charge on any atom is -0.192 e. The van der Waals surface area contributed by atoms with Crippen molar-refractivity contribution in [3.63, 3.8) is 0 Å². The van der Waals surface area contributed by atoms with Gasteiger partial charge in [0.05, 0.1) is 11.6 Å². The molecule has 1 nitrogen and oxygen atoms in total. The van der Waals surface area contributed by atoms with Crippen LogP contribution in [0.4, 0.5) is 0 Å². The van der Waals surface area contributed by atoms with Crippen LogP contribution in [0.1, 0.15) is 116 Å². The molecule has 0 radical (unpaired) electrons. The Morgan fingerprint density at radius 1 is 0.878 bits per heavy atom. The summed E-state index contributed by atoms with van der Waals surface area (Å²) in [6.07, 6.45) is 10.3. The van der Waals surface area contributed by atoms with E-state index in [-0.39, 0.29) is 10.8 Å². The highest BCUT2D eigenvalue weighted by Gasteiger charge is 2.25. The van der Waals surface area contributed by atoms with Gasteiger partial charge in [-0.15, -0.1) is 0 Å². The third kappa shape index (κ3) is 10.5. The second-order valence-corrected chi connectivity index (χ2v) is 14.1. The van der Waals surface area contributed by atoms with Crippen LogP contribution in [0.3, 0.4) is 0 Å². The Morgan fingerprint density at radius 3 is 1.90 bits per heavy atom. The average molecular weight is 548 g/mol. The molecule has 0 amide bonds. The van der Waals surface area contributed by atoms with Crippen LogP contribution < -0.4 is 0 Å². The maximum atomic E-state index is 10.2. The van der Waals surface area contributed by atoms with Gasteiger partial charge in [-0.25, -0.2) is 0 Å². The molecule has 0 aliphatic rings. The molecule has 0 aliphatic heterocycles. The van der Waals surface area contributed by atoms with Crippen molar-refractivity contribution in [1.82, 2.24) is 0 Å². The van der Waals surface area contributed by atoms with E-state index in [1.807, 2.05) is 6.08 Å². The Kier molecular flexibility index (Phi) is 12.0. The summed E-state index contributed by atoms with van der Waals surface area (Å²) in [7, 11) is 0. The summed E-state index contributed by atoms with van der Waals surface area (Å²) in [6.45, 7) is 30.6. The molecule has 0 spiro atoms. The summed E-state index contributed by atoms with van der Waals surface area (Å²) < 4.78 is 0. The van der Waals surface area contributed by atoms with Crippen molar-refractivity contribution in [2.45, 2.75) is 94.9 Å². The summed E-state index contributed by atoms with van der Waals surface area (Å²) >= 11 is 0. The van der Waals surface area contributed by atoms with Crippen molar-refractivity contribution in [2.24, 2.45) is 16.7 Å². The predicted molar refractivity (Wildman–Crippen MR) is 182 cm³/mol. The third-order valence-corrected chi connectivity index (χ3v) is 7.74. The maximum Gasteiger partial charge on any atom is 0.0994 e. The molecule has 41 heavy (non-hydrogen) atoms. The zero-order valence-corrected chi connectivity index (χ0v) is 27.5. The fourth-order valence-corrected chi connectivity index (χ4v) is 5.74. The quantitative estimate of drug-likeness (QED) is 0.257. The first-order valence-corrected chi connectivity index (χ1v) is 15.1. The van der Waals surface area contributed by atoms with Gasteiger partial charge in [0.25, 0.3) is 0 Å². The van der Waals surface area contributed by atoms with Gasteiger partial charge in [-0.3, -0.25) is 0 Å². The Bertz CT molecular complexity index is 1340. The molecule has 0 unspecified atom stereocenters. The van der Waals surface area contributed by atoms with Crippen LogP contribution >= 0.6 is 0 Å². The second kappa shape index (κ2) is 14.5. The molecular formula is C40H53N. The van der Waals surface area contributed by atoms with Gasteiger partial charge in [-0.05, 0) is 119 Å². The van der Waals surface area contributed by atoms with Crippen LogP contribution in [0.2, 0.25) is 0 Å². The molecule has 2 aromatic rings. The largest absolute Gasteiger partial charge is 0.192 e. The van der Waals surface area contributed by atoms with Crippen molar-refractivity contribution < 1.29 is 0 Å². The highest BCUT2D eigenvalue weighted by Crippen LogP contribution is 2.36. The van der Waals surface area contributed by atoms with Crippen LogP contribution in [0, 0.1) is 28.1 Å². The molecule has 0 N–H and O–H groups in total. The summed E-state index contributed by atoms with van der Waals surface area (Å²) in [4.78, 5) is 0. The molecule has 0 heterocycles. The minimum absolute atomic E-state index is 0.250. The Morgan fingerprint density at radius 2 is 1.41 bits per heavy atom. The van der Waals surface area contributed by atoms with Crippen molar-refractivity contribution in [3.8, 4) is 6.07 Å². The zero-order valence-electron chi connectivity index (χ0n) is 27.5. The van der Waals surface area contributed by atoms with E-state index in [2.05, 4.69) is 143 Å². The third-order valence-electron chi connectivity index (χ3n) is 7.74. The summed E-state index contributed by atoms with van der Waals surface area (Å²) in [6, 6.07) is 17.6. The SMILES string of the molecule is C=C\C=C(/C(C)=C(C)/C=C(\C)c1ccc(C(=C)CC)cc1)c1ccc(CC(CC(C)(C)C)CC(C)(C)C)c(C#N)c1. The number of hydrogen-bond donors (Lipinski definition) is 0. The lowest BCUT2D eigenvalue weighted by Crippen LogP contribution is -2.21. The minimum atomic E-state index is 0.250. The van der Waals surface area contributed by atoms with Gasteiger partial charge < -0.3 is 0 Å². The molecule has 0 saturated heterocycles. The van der Waals surface area contributed by atoms with E-state index in [9.17, 15) is 5.26 Å². The molecule has 0 bridgehead atoms. The van der Waals surface area contributed by atoms with Crippen LogP contribution in [-0.4, -0.2) is 0 Å². The number of hydrogen-bond acceptors (Lipinski definition) is 1. The molecule has 0 saturated carbocycles. The molecule has 1 heteroatoms. The van der Waals surface area contributed by atoms with E-state index < -0.39 is 0 Å². The van der Waals surface area contributed by atoms with Crippen molar-refractivity contribution >= 4 is 16.7 Å². The van der Waals surface area contributed by atoms with E-state index in [0.29, 0.717) is 5.92 Å². The van der Waals surface area contributed by atoms with Crippen molar-refractivity contribution in [1.29, 1.82) is 5.26 Å². The monoisotopic (exact) mass is 547 g/mol. The fourth-order valence-electron chi connectivity index (χ4n) is 5.74. The Hall–Kier alpha value is -3.37. The maximum absolute atomic E-state index is 10.2. The fraction of sp³-hybridized carbons (Fsp3) is 0.425. The van der Waals surface area contributed by atoms with Gasteiger partial charge in [-0.2, -0.15) is 5.26 Å². The highest BCUT2D eigenvalue weighted by molar-refractivity contribution is 5.82. The lowest BCUT2D eigenvalue weighted by Gasteiger charge is -2.31. The van der Waals surface area contributed by atoms with E-state index in [4.69, 9.17) is 0 Å². The molecule has 2 rings (SSSR count). The van der Waals surface area contributed by atoms with Gasteiger partial charge in [-0.1, -0.05) is 116 Å². The molecule has 0 aromatic heterocycles. The molecule has 0 atom stereocenters. The van der Waals surface area contributed by atoms with Crippen molar-refractivity contribution in [2.75, 3.05) is 0 Å². The van der Waals surface area contributed by atoms with E-state index in [0.717, 1.165) is 53.5 Å². The van der Waals surface area contributed by atoms with Crippen LogP contribution in [-0.2, 0) is 6.42 Å². The van der Waals surface area contributed by atoms with E-state index >= 15 is 0 Å². The average Bonchev–Trinajstić information content (AvgIpc) is 2.89. The number of rotatable bonds is 11. The van der Waals surface area contributed by atoms with Gasteiger partial charge in [0.2, 0.25) is 0 Å². The lowest BCUT2D eigenvalue weighted by atomic mass is 9.74. The molecule has 2 aromatic carbocycles. The zero-order chi connectivity index (χ0) is 31.0. The highest BCUT2D eigenvalue weighted by atomic mass is 14.3. The summed E-state index contributed by atoms with van der Waals surface area (Å²) in [5, 5.41) is 10.2. The van der Waals surface area contributed by atoms with Crippen LogP contribution in [0.15, 0.2) is 85.0 Å². The molecule has 218 valence electrons. The van der Waals surface area contributed by atoms with Gasteiger partial charge in [0, 0.05) is 0 Å². The van der Waals surface area contributed by atoms with Gasteiger partial charge in [0.1, 0.15) is 0 Å². The molecule has 0 aliphatic carbocycles. The van der Waals surface area contributed by atoms with E-state index in [1.54, 1.807) is 0 Å². The second-order valence-electron chi connectivity index (χ2n) is 14.1. The normalized spacial score (nSPS) is 13.6. The first-order chi connectivity index (χ1) is 19.1. The van der Waals surface area contributed by atoms with E-state index in [1.165, 1.54) is 27.8 Å². The number of benzene rings is 2. The van der Waals surface area contributed by atoms with Crippen LogP contribution in [0.5, 0.6) is 0 Å². The van der Waals surface area contributed by atoms with Gasteiger partial charge in [0.15, 0.2) is 0 Å². The standard InChI is InChI=1S/C40H53N/c1-13-15-38(31(6)29(4)22-30(5)34-18-16-33(17-19-34)28(3)14-2)36-21-20-35(37(24-36)27-41)23-32(25-39(7,8)9)26-40(10,11)12/h13,15-22,24,32H,1,3,14,23,25-26H2,2,4-12H3/b30-22+,31-29+,38-15+. The number of nitriles is 1. The molecule has 0 fully saturated rings. The Balaban J connectivity index is 2.44. The first kappa shape index (κ1) is 33.8. The first-order valence-electron chi connectivity index (χ1n) is 15.1. The smallest absolute Gasteiger partial charge is 0.0994 e. The number of allylic oxidation sites excluding steroid dienone is 8. The topological polar surface area (TPSA) is 23.8 Å². The summed E-state index contributed by atoms with van der Waals surface area (Å²) in [5.41, 5.74) is 11.7. The summed E-state index contributed by atoms with van der Waals surface area (Å²) in [5.74, 6) is 0.530. The number of nitrogens with zero attached hydrogens (tertiary/aromatic N) is 1. The van der Waals surface area contributed by atoms with Crippen molar-refractivity contribution in [3.05, 3.63) is 113 Å². The predicted octanol–water partition coefficient (Wildman–Crippen LogP) is 12.0. The lowest BCUT2D eigenvalue weighted by molar-refractivity contribution is 0.218. The van der Waals surface area contributed by atoms with Gasteiger partial charge >= 0.3 is 0 Å².